The van der Waals surface area contributed by atoms with Gasteiger partial charge in [0.1, 0.15) is 5.82 Å². The number of hydrogen-bond donors (Lipinski definition) is 0. The average Bonchev–Trinajstić information content (AvgIpc) is 2.87. The zero-order valence-corrected chi connectivity index (χ0v) is 14.9. The Hall–Kier alpha value is -2.13. The Bertz CT molecular complexity index is 907. The van der Waals surface area contributed by atoms with Crippen LogP contribution in [-0.2, 0) is 13.0 Å². The molecule has 0 N–H and O–H groups in total. The van der Waals surface area contributed by atoms with Gasteiger partial charge in [-0.25, -0.2) is 4.98 Å². The molecule has 1 aromatic heterocycles. The smallest absolute Gasteiger partial charge is 0.111 e. The molecule has 3 nitrogen and oxygen atoms in total. The van der Waals surface area contributed by atoms with E-state index in [9.17, 15) is 0 Å². The van der Waals surface area contributed by atoms with Crippen molar-refractivity contribution in [1.29, 1.82) is 0 Å². The first-order chi connectivity index (χ1) is 12.3. The Morgan fingerprint density at radius 1 is 0.920 bits per heavy atom. The monoisotopic (exact) mass is 331 g/mol. The topological polar surface area (TPSA) is 21.1 Å². The Kier molecular flexibility index (Phi) is 3.63. The number of aromatic nitrogens is 2. The van der Waals surface area contributed by atoms with Gasteiger partial charge in [-0.15, -0.1) is 0 Å². The minimum Gasteiger partial charge on any atom is -0.327 e. The van der Waals surface area contributed by atoms with Gasteiger partial charge in [-0.05, 0) is 49.6 Å². The molecule has 0 aliphatic carbocycles. The van der Waals surface area contributed by atoms with E-state index < -0.39 is 0 Å². The lowest BCUT2D eigenvalue weighted by atomic mass is 10.00. The Balaban J connectivity index is 1.53. The number of piperidine rings is 1. The van der Waals surface area contributed by atoms with Crippen molar-refractivity contribution in [2.75, 3.05) is 13.1 Å². The summed E-state index contributed by atoms with van der Waals surface area (Å²) in [7, 11) is 0. The highest BCUT2D eigenvalue weighted by molar-refractivity contribution is 5.82. The normalized spacial score (nSPS) is 20.9. The molecule has 0 radical (unpaired) electrons. The van der Waals surface area contributed by atoms with Crippen LogP contribution in [0.3, 0.4) is 0 Å². The number of fused-ring (bicyclic) bond motifs is 4. The van der Waals surface area contributed by atoms with Crippen molar-refractivity contribution >= 4 is 11.0 Å². The van der Waals surface area contributed by atoms with Crippen LogP contribution in [-0.4, -0.2) is 33.6 Å². The van der Waals surface area contributed by atoms with Crippen molar-refractivity contribution in [2.45, 2.75) is 45.2 Å². The van der Waals surface area contributed by atoms with Crippen LogP contribution in [0.5, 0.6) is 0 Å². The molecule has 0 unspecified atom stereocenters. The summed E-state index contributed by atoms with van der Waals surface area (Å²) < 4.78 is 2.46. The van der Waals surface area contributed by atoms with Gasteiger partial charge in [0.2, 0.25) is 0 Å². The highest BCUT2D eigenvalue weighted by atomic mass is 15.2. The number of aryl methyl sites for hydroxylation is 1. The molecule has 1 fully saturated rings. The summed E-state index contributed by atoms with van der Waals surface area (Å²) in [4.78, 5) is 7.73. The van der Waals surface area contributed by atoms with Gasteiger partial charge >= 0.3 is 0 Å². The van der Waals surface area contributed by atoms with Crippen LogP contribution in [0.15, 0.2) is 42.5 Å². The lowest BCUT2D eigenvalue weighted by Crippen LogP contribution is -2.40. The van der Waals surface area contributed by atoms with E-state index in [1.165, 1.54) is 60.4 Å². The number of nitrogens with zero attached hydrogens (tertiary/aromatic N) is 3. The molecule has 128 valence electrons. The third-order valence-electron chi connectivity index (χ3n) is 5.99. The summed E-state index contributed by atoms with van der Waals surface area (Å²) in [5.74, 6) is 1.28. The van der Waals surface area contributed by atoms with Gasteiger partial charge in [-0.2, -0.15) is 0 Å². The molecular weight excluding hydrogens is 306 g/mol. The molecule has 0 saturated carbocycles. The number of imidazole rings is 1. The van der Waals surface area contributed by atoms with E-state index in [0.29, 0.717) is 6.04 Å². The first kappa shape index (κ1) is 15.2. The molecular formula is C22H25N3. The minimum atomic E-state index is 0.698. The van der Waals surface area contributed by atoms with Crippen LogP contribution in [0.4, 0.5) is 0 Å². The van der Waals surface area contributed by atoms with E-state index in [0.717, 1.165) is 18.5 Å². The van der Waals surface area contributed by atoms with Crippen molar-refractivity contribution in [1.82, 2.24) is 14.5 Å². The first-order valence-electron chi connectivity index (χ1n) is 9.58. The van der Waals surface area contributed by atoms with Crippen molar-refractivity contribution < 1.29 is 0 Å². The molecule has 0 amide bonds. The third-order valence-corrected chi connectivity index (χ3v) is 5.99. The fourth-order valence-electron chi connectivity index (χ4n) is 4.54. The molecule has 0 spiro atoms. The van der Waals surface area contributed by atoms with Crippen molar-refractivity contribution in [2.24, 2.45) is 0 Å². The van der Waals surface area contributed by atoms with Gasteiger partial charge in [-0.1, -0.05) is 42.3 Å². The zero-order chi connectivity index (χ0) is 16.8. The molecule has 1 saturated heterocycles. The van der Waals surface area contributed by atoms with Gasteiger partial charge in [-0.3, -0.25) is 4.90 Å². The molecule has 3 heteroatoms. The summed E-state index contributed by atoms with van der Waals surface area (Å²) in [6, 6.07) is 16.3. The molecule has 0 bridgehead atoms. The Morgan fingerprint density at radius 3 is 2.64 bits per heavy atom. The summed E-state index contributed by atoms with van der Waals surface area (Å²) in [6.07, 6.45) is 5.17. The molecule has 3 aromatic rings. The SMILES string of the molecule is Cc1ccc(-c2ccc3c(c2)nc2n3CCN3CCCC[C@@H]3C2)cc1. The Labute approximate surface area is 149 Å². The third kappa shape index (κ3) is 2.67. The van der Waals surface area contributed by atoms with Crippen molar-refractivity contribution in [3.63, 3.8) is 0 Å². The first-order valence-corrected chi connectivity index (χ1v) is 9.58. The zero-order valence-electron chi connectivity index (χ0n) is 14.9. The maximum Gasteiger partial charge on any atom is 0.111 e. The van der Waals surface area contributed by atoms with Gasteiger partial charge in [0, 0.05) is 25.6 Å². The largest absolute Gasteiger partial charge is 0.327 e. The second-order valence-corrected chi connectivity index (χ2v) is 7.64. The van der Waals surface area contributed by atoms with Crippen LogP contribution >= 0.6 is 0 Å². The predicted molar refractivity (Wildman–Crippen MR) is 103 cm³/mol. The average molecular weight is 331 g/mol. The second-order valence-electron chi connectivity index (χ2n) is 7.64. The summed E-state index contributed by atoms with van der Waals surface area (Å²) in [5.41, 5.74) is 6.29. The fraction of sp³-hybridized carbons (Fsp3) is 0.409. The second kappa shape index (κ2) is 5.99. The lowest BCUT2D eigenvalue weighted by molar-refractivity contribution is 0.152. The van der Waals surface area contributed by atoms with E-state index in [1.54, 1.807) is 0 Å². The van der Waals surface area contributed by atoms with Crippen LogP contribution < -0.4 is 0 Å². The molecule has 2 aliphatic rings. The molecule has 5 rings (SSSR count). The molecule has 2 aliphatic heterocycles. The van der Waals surface area contributed by atoms with E-state index in [2.05, 4.69) is 58.9 Å². The maximum atomic E-state index is 5.04. The standard InChI is InChI=1S/C22H25N3/c1-16-5-7-17(8-6-16)18-9-10-21-20(14-18)23-22-15-19-4-2-3-11-24(19)12-13-25(21)22/h5-10,14,19H,2-4,11-13,15H2,1H3/t19-/m1/s1. The Morgan fingerprint density at radius 2 is 1.76 bits per heavy atom. The van der Waals surface area contributed by atoms with Gasteiger partial charge < -0.3 is 4.57 Å². The van der Waals surface area contributed by atoms with Gasteiger partial charge in [0.25, 0.3) is 0 Å². The summed E-state index contributed by atoms with van der Waals surface area (Å²) >= 11 is 0. The fourth-order valence-corrected chi connectivity index (χ4v) is 4.54. The molecule has 25 heavy (non-hydrogen) atoms. The molecule has 1 atom stereocenters. The molecule has 3 heterocycles. The molecule has 2 aromatic carbocycles. The number of benzene rings is 2. The van der Waals surface area contributed by atoms with Crippen LogP contribution in [0, 0.1) is 6.92 Å². The number of rotatable bonds is 1. The van der Waals surface area contributed by atoms with Crippen LogP contribution in [0.1, 0.15) is 30.7 Å². The summed E-state index contributed by atoms with van der Waals surface area (Å²) in [5, 5.41) is 0. The van der Waals surface area contributed by atoms with Crippen molar-refractivity contribution in [3.8, 4) is 11.1 Å². The van der Waals surface area contributed by atoms with E-state index in [-0.39, 0.29) is 0 Å². The van der Waals surface area contributed by atoms with E-state index >= 15 is 0 Å². The van der Waals surface area contributed by atoms with Crippen molar-refractivity contribution in [3.05, 3.63) is 53.9 Å². The van der Waals surface area contributed by atoms with Crippen LogP contribution in [0.25, 0.3) is 22.2 Å². The lowest BCUT2D eigenvalue weighted by Gasteiger charge is -2.33. The quantitative estimate of drug-likeness (QED) is 0.658. The van der Waals surface area contributed by atoms with E-state index in [1.807, 2.05) is 0 Å². The highest BCUT2D eigenvalue weighted by Gasteiger charge is 2.27. The number of hydrogen-bond acceptors (Lipinski definition) is 2. The van der Waals surface area contributed by atoms with Gasteiger partial charge in [0.15, 0.2) is 0 Å². The minimum absolute atomic E-state index is 0.698. The highest BCUT2D eigenvalue weighted by Crippen LogP contribution is 2.29. The van der Waals surface area contributed by atoms with Crippen LogP contribution in [0.2, 0.25) is 0 Å². The predicted octanol–water partition coefficient (Wildman–Crippen LogP) is 4.42. The van der Waals surface area contributed by atoms with Gasteiger partial charge in [0.05, 0.1) is 11.0 Å². The van der Waals surface area contributed by atoms with E-state index in [4.69, 9.17) is 4.98 Å². The maximum absolute atomic E-state index is 5.04. The summed E-state index contributed by atoms with van der Waals surface area (Å²) in [6.45, 7) is 5.65.